The highest BCUT2D eigenvalue weighted by atomic mass is 16.5. The number of aldehydes is 1. The zero-order valence-electron chi connectivity index (χ0n) is 15.6. The number of furan rings is 1. The highest BCUT2D eigenvalue weighted by Gasteiger charge is 2.62. The van der Waals surface area contributed by atoms with E-state index >= 15 is 0 Å². The molecule has 1 fully saturated rings. The van der Waals surface area contributed by atoms with Crippen molar-refractivity contribution >= 4 is 18.0 Å². The fraction of sp³-hybridized carbons (Fsp3) is 0.571. The van der Waals surface area contributed by atoms with Gasteiger partial charge in [0.15, 0.2) is 5.78 Å². The molecule has 0 saturated heterocycles. The quantitative estimate of drug-likeness (QED) is 0.595. The molecule has 0 bridgehead atoms. The lowest BCUT2D eigenvalue weighted by Crippen LogP contribution is -2.58. The molecule has 0 amide bonds. The smallest absolute Gasteiger partial charge is 0.312 e. The normalized spacial score (nSPS) is 34.0. The Morgan fingerprint density at radius 3 is 2.85 bits per heavy atom. The number of fused-ring (bicyclic) bond motifs is 1. The SMILES string of the molecule is COC(=O)[C@]1(CCc2ccoc2)[C@H](C)CC[C@@]2(C=O)C(C)=CC(=O)C[C@H]12. The average Bonchev–Trinajstić information content (AvgIpc) is 3.14. The number of hydrogen-bond donors (Lipinski definition) is 0. The van der Waals surface area contributed by atoms with Crippen LogP contribution >= 0.6 is 0 Å². The van der Waals surface area contributed by atoms with Crippen molar-refractivity contribution in [3.8, 4) is 0 Å². The van der Waals surface area contributed by atoms with Crippen LogP contribution in [-0.4, -0.2) is 25.1 Å². The van der Waals surface area contributed by atoms with Crippen LogP contribution in [0.4, 0.5) is 0 Å². The first-order valence-electron chi connectivity index (χ1n) is 9.18. The van der Waals surface area contributed by atoms with E-state index < -0.39 is 10.8 Å². The second kappa shape index (κ2) is 6.86. The number of esters is 1. The third-order valence-electron chi connectivity index (χ3n) is 6.81. The molecule has 0 aliphatic heterocycles. The highest BCUT2D eigenvalue weighted by molar-refractivity contribution is 5.95. The average molecular weight is 358 g/mol. The summed E-state index contributed by atoms with van der Waals surface area (Å²) in [5.74, 6) is -0.672. The Kier molecular flexibility index (Phi) is 4.91. The van der Waals surface area contributed by atoms with E-state index in [1.807, 2.05) is 19.9 Å². The van der Waals surface area contributed by atoms with Crippen molar-refractivity contribution in [2.45, 2.75) is 46.0 Å². The Morgan fingerprint density at radius 2 is 2.23 bits per heavy atom. The summed E-state index contributed by atoms with van der Waals surface area (Å²) in [7, 11) is 1.39. The molecule has 2 aliphatic carbocycles. The van der Waals surface area contributed by atoms with Crippen LogP contribution in [0.15, 0.2) is 34.7 Å². The predicted octanol–water partition coefficient (Wildman–Crippen LogP) is 3.52. The van der Waals surface area contributed by atoms with Crippen LogP contribution < -0.4 is 0 Å². The van der Waals surface area contributed by atoms with Gasteiger partial charge in [-0.1, -0.05) is 12.5 Å². The number of allylic oxidation sites excluding steroid dienone is 2. The molecule has 1 heterocycles. The first-order chi connectivity index (χ1) is 12.4. The van der Waals surface area contributed by atoms with E-state index in [1.165, 1.54) is 7.11 Å². The van der Waals surface area contributed by atoms with Gasteiger partial charge in [-0.05, 0) is 62.1 Å². The van der Waals surface area contributed by atoms with Crippen molar-refractivity contribution in [1.82, 2.24) is 0 Å². The molecule has 0 N–H and O–H groups in total. The van der Waals surface area contributed by atoms with Crippen LogP contribution in [-0.2, 0) is 25.5 Å². The lowest BCUT2D eigenvalue weighted by Gasteiger charge is -2.56. The zero-order valence-corrected chi connectivity index (χ0v) is 15.6. The molecule has 5 heteroatoms. The Balaban J connectivity index is 2.10. The Labute approximate surface area is 153 Å². The lowest BCUT2D eigenvalue weighted by molar-refractivity contribution is -0.174. The van der Waals surface area contributed by atoms with Gasteiger partial charge in [0, 0.05) is 6.42 Å². The highest BCUT2D eigenvalue weighted by Crippen LogP contribution is 2.61. The topological polar surface area (TPSA) is 73.6 Å². The van der Waals surface area contributed by atoms with Crippen LogP contribution in [0.2, 0.25) is 0 Å². The standard InChI is InChI=1S/C21H26O5/c1-14-4-7-20(13-22)15(2)10-17(23)11-18(20)21(14,19(24)25-3)8-5-16-6-9-26-12-16/h6,9-10,12-14,18H,4-5,7-8,11H2,1-3H3/t14-,18+,20-,21-/m1/s1. The fourth-order valence-electron chi connectivity index (χ4n) is 5.24. The molecule has 0 spiro atoms. The second-order valence-electron chi connectivity index (χ2n) is 7.81. The van der Waals surface area contributed by atoms with E-state index in [0.717, 1.165) is 23.8 Å². The maximum atomic E-state index is 13.1. The van der Waals surface area contributed by atoms with Crippen LogP contribution in [0.25, 0.3) is 0 Å². The van der Waals surface area contributed by atoms with Gasteiger partial charge in [-0.2, -0.15) is 0 Å². The van der Waals surface area contributed by atoms with Crippen molar-refractivity contribution in [3.05, 3.63) is 35.8 Å². The Bertz CT molecular complexity index is 732. The third kappa shape index (κ3) is 2.65. The monoisotopic (exact) mass is 358 g/mol. The maximum Gasteiger partial charge on any atom is 0.312 e. The van der Waals surface area contributed by atoms with Crippen molar-refractivity contribution in [2.75, 3.05) is 7.11 Å². The molecule has 26 heavy (non-hydrogen) atoms. The predicted molar refractivity (Wildman–Crippen MR) is 95.2 cm³/mol. The lowest BCUT2D eigenvalue weighted by atomic mass is 9.46. The number of carbonyl (C=O) groups is 3. The van der Waals surface area contributed by atoms with Gasteiger partial charge in [-0.15, -0.1) is 0 Å². The Hall–Kier alpha value is -2.17. The molecule has 0 radical (unpaired) electrons. The minimum atomic E-state index is -0.865. The van der Waals surface area contributed by atoms with Crippen molar-refractivity contribution < 1.29 is 23.5 Å². The molecule has 5 nitrogen and oxygen atoms in total. The summed E-state index contributed by atoms with van der Waals surface area (Å²) in [5, 5.41) is 0. The Morgan fingerprint density at radius 1 is 1.46 bits per heavy atom. The summed E-state index contributed by atoms with van der Waals surface area (Å²) in [4.78, 5) is 37.7. The molecule has 0 unspecified atom stereocenters. The van der Waals surface area contributed by atoms with Gasteiger partial charge >= 0.3 is 5.97 Å². The molecule has 1 aromatic heterocycles. The first-order valence-corrected chi connectivity index (χ1v) is 9.18. The molecule has 1 aromatic rings. The molecular formula is C21H26O5. The number of aryl methyl sites for hydroxylation is 1. The molecule has 3 rings (SSSR count). The maximum absolute atomic E-state index is 13.1. The van der Waals surface area contributed by atoms with Crippen molar-refractivity contribution in [3.63, 3.8) is 0 Å². The van der Waals surface area contributed by atoms with Gasteiger partial charge in [0.2, 0.25) is 0 Å². The zero-order chi connectivity index (χ0) is 18.9. The molecular weight excluding hydrogens is 332 g/mol. The van der Waals surface area contributed by atoms with Crippen LogP contribution in [0.3, 0.4) is 0 Å². The van der Waals surface area contributed by atoms with Gasteiger partial charge in [0.1, 0.15) is 6.29 Å². The minimum absolute atomic E-state index is 0.0179. The van der Waals surface area contributed by atoms with Crippen LogP contribution in [0.1, 0.15) is 45.1 Å². The summed E-state index contributed by atoms with van der Waals surface area (Å²) >= 11 is 0. The van der Waals surface area contributed by atoms with Crippen molar-refractivity contribution in [1.29, 1.82) is 0 Å². The van der Waals surface area contributed by atoms with E-state index in [4.69, 9.17) is 9.15 Å². The van der Waals surface area contributed by atoms with Gasteiger partial charge in [-0.3, -0.25) is 9.59 Å². The van der Waals surface area contributed by atoms with E-state index in [-0.39, 0.29) is 30.0 Å². The van der Waals surface area contributed by atoms with Crippen LogP contribution in [0, 0.1) is 22.7 Å². The van der Waals surface area contributed by atoms with Crippen LogP contribution in [0.5, 0.6) is 0 Å². The van der Waals surface area contributed by atoms with E-state index in [1.54, 1.807) is 18.6 Å². The number of ketones is 1. The molecule has 2 aliphatic rings. The van der Waals surface area contributed by atoms with Gasteiger partial charge < -0.3 is 13.9 Å². The summed E-state index contributed by atoms with van der Waals surface area (Å²) in [6.45, 7) is 3.88. The number of carbonyl (C=O) groups excluding carboxylic acids is 3. The van der Waals surface area contributed by atoms with Gasteiger partial charge in [-0.25, -0.2) is 0 Å². The largest absolute Gasteiger partial charge is 0.472 e. The summed E-state index contributed by atoms with van der Waals surface area (Å²) in [5.41, 5.74) is 0.149. The van der Waals surface area contributed by atoms with E-state index in [2.05, 4.69) is 0 Å². The van der Waals surface area contributed by atoms with Gasteiger partial charge in [0.25, 0.3) is 0 Å². The van der Waals surface area contributed by atoms with Gasteiger partial charge in [0.05, 0.1) is 30.5 Å². The molecule has 1 saturated carbocycles. The number of rotatable bonds is 5. The summed E-state index contributed by atoms with van der Waals surface area (Å²) < 4.78 is 10.4. The molecule has 0 aromatic carbocycles. The molecule has 140 valence electrons. The molecule has 4 atom stereocenters. The summed E-state index contributed by atoms with van der Waals surface area (Å²) in [6, 6.07) is 1.88. The van der Waals surface area contributed by atoms with E-state index in [0.29, 0.717) is 19.3 Å². The third-order valence-corrected chi connectivity index (χ3v) is 6.81. The second-order valence-corrected chi connectivity index (χ2v) is 7.81. The van der Waals surface area contributed by atoms with E-state index in [9.17, 15) is 14.4 Å². The number of hydrogen-bond acceptors (Lipinski definition) is 5. The first kappa shape index (κ1) is 18.6. The number of ether oxygens (including phenoxy) is 1. The minimum Gasteiger partial charge on any atom is -0.472 e. The summed E-state index contributed by atoms with van der Waals surface area (Å²) in [6.07, 6.45) is 8.62. The fourth-order valence-corrected chi connectivity index (χ4v) is 5.24. The number of methoxy groups -OCH3 is 1. The van der Waals surface area contributed by atoms with Crippen molar-refractivity contribution in [2.24, 2.45) is 22.7 Å².